The first-order valence-electron chi connectivity index (χ1n) is 11.2. The van der Waals surface area contributed by atoms with Gasteiger partial charge in [0.15, 0.2) is 0 Å². The average molecular weight is 407 g/mol. The van der Waals surface area contributed by atoms with Crippen molar-refractivity contribution in [1.29, 1.82) is 0 Å². The fraction of sp³-hybridized carbons (Fsp3) is 0.481. The van der Waals surface area contributed by atoms with E-state index in [1.165, 1.54) is 15.9 Å². The molecule has 0 saturated heterocycles. The van der Waals surface area contributed by atoms with Crippen molar-refractivity contribution in [1.82, 2.24) is 0 Å². The van der Waals surface area contributed by atoms with Gasteiger partial charge in [0.1, 0.15) is 8.07 Å². The maximum absolute atomic E-state index is 10.8. The maximum atomic E-state index is 10.8. The topological polar surface area (TPSA) is 20.2 Å². The molecule has 2 atom stereocenters. The molecule has 3 rings (SSSR count). The summed E-state index contributed by atoms with van der Waals surface area (Å²) in [6, 6.07) is 23.5. The van der Waals surface area contributed by atoms with Gasteiger partial charge in [-0.2, -0.15) is 0 Å². The number of rotatable bonds is 5. The largest absolute Gasteiger partial charge is 0.393 e. The van der Waals surface area contributed by atoms with E-state index in [2.05, 4.69) is 102 Å². The first-order valence-corrected chi connectivity index (χ1v) is 13.4. The van der Waals surface area contributed by atoms with Crippen molar-refractivity contribution in [3.8, 4) is 0 Å². The molecule has 29 heavy (non-hydrogen) atoms. The molecule has 1 aliphatic carbocycles. The summed E-state index contributed by atoms with van der Waals surface area (Å²) in [7, 11) is -2.14. The Balaban J connectivity index is 2.25. The minimum atomic E-state index is -2.14. The molecule has 0 aromatic heterocycles. The second kappa shape index (κ2) is 8.61. The normalized spacial score (nSPS) is 21.0. The van der Waals surface area contributed by atoms with E-state index >= 15 is 0 Å². The lowest BCUT2D eigenvalue weighted by Gasteiger charge is -2.46. The fourth-order valence-corrected chi connectivity index (χ4v) is 10.8. The highest BCUT2D eigenvalue weighted by atomic mass is 28.3. The zero-order valence-corrected chi connectivity index (χ0v) is 20.1. The monoisotopic (exact) mass is 406 g/mol. The van der Waals surface area contributed by atoms with Gasteiger partial charge in [0, 0.05) is 0 Å². The first kappa shape index (κ1) is 22.1. The van der Waals surface area contributed by atoms with E-state index in [4.69, 9.17) is 0 Å². The van der Waals surface area contributed by atoms with Gasteiger partial charge in [0.05, 0.1) is 6.10 Å². The summed E-state index contributed by atoms with van der Waals surface area (Å²) < 4.78 is 0. The van der Waals surface area contributed by atoms with Crippen LogP contribution in [0.2, 0.25) is 11.1 Å². The predicted molar refractivity (Wildman–Crippen MR) is 129 cm³/mol. The van der Waals surface area contributed by atoms with E-state index in [-0.39, 0.29) is 11.1 Å². The summed E-state index contributed by atoms with van der Waals surface area (Å²) in [4.78, 5) is 0. The van der Waals surface area contributed by atoms with Crippen LogP contribution in [0.4, 0.5) is 0 Å². The summed E-state index contributed by atoms with van der Waals surface area (Å²) in [6.45, 7) is 14.1. The Bertz CT molecular complexity index is 790. The Labute approximate surface area is 178 Å². The molecule has 2 aromatic carbocycles. The molecule has 0 spiro atoms. The Hall–Kier alpha value is -1.64. The summed E-state index contributed by atoms with van der Waals surface area (Å²) in [5, 5.41) is 13.9. The van der Waals surface area contributed by atoms with Gasteiger partial charge < -0.3 is 5.11 Å². The molecule has 0 heterocycles. The van der Waals surface area contributed by atoms with Gasteiger partial charge in [-0.3, -0.25) is 0 Å². The smallest absolute Gasteiger partial charge is 0.127 e. The fourth-order valence-electron chi connectivity index (χ4n) is 5.31. The number of aliphatic hydroxyl groups excluding tert-OH is 1. The molecule has 0 fully saturated rings. The minimum Gasteiger partial charge on any atom is -0.393 e. The van der Waals surface area contributed by atoms with Gasteiger partial charge in [-0.15, -0.1) is 0 Å². The van der Waals surface area contributed by atoms with E-state index in [0.29, 0.717) is 11.8 Å². The van der Waals surface area contributed by atoms with Gasteiger partial charge in [-0.05, 0) is 35.8 Å². The Kier molecular flexibility index (Phi) is 6.55. The second-order valence-corrected chi connectivity index (χ2v) is 15.1. The molecule has 0 aliphatic heterocycles. The third-order valence-electron chi connectivity index (χ3n) is 7.10. The number of hydrogen-bond donors (Lipinski definition) is 1. The standard InChI is InChI=1S/C27H38OSi/c1-20(2)25-17-21(3)26(28)18-22(25)19-29(27(4,5)6,23-13-9-7-10-14-23)24-15-11-8-12-16-24/h7-16,20-21,26,28H,17-19H2,1-6H3/t21-,26-/m0/s1. The van der Waals surface area contributed by atoms with E-state index in [0.717, 1.165) is 18.9 Å². The highest BCUT2D eigenvalue weighted by Crippen LogP contribution is 2.44. The van der Waals surface area contributed by atoms with Crippen LogP contribution in [0, 0.1) is 11.8 Å². The highest BCUT2D eigenvalue weighted by molar-refractivity contribution is 7.04. The summed E-state index contributed by atoms with van der Waals surface area (Å²) >= 11 is 0. The zero-order valence-electron chi connectivity index (χ0n) is 19.1. The number of benzene rings is 2. The zero-order chi connectivity index (χ0) is 21.2. The molecule has 156 valence electrons. The van der Waals surface area contributed by atoms with Crippen molar-refractivity contribution in [3.05, 3.63) is 71.8 Å². The number of hydrogen-bond acceptors (Lipinski definition) is 1. The molecular weight excluding hydrogens is 368 g/mol. The van der Waals surface area contributed by atoms with Gasteiger partial charge in [-0.25, -0.2) is 0 Å². The summed E-state index contributed by atoms with van der Waals surface area (Å²) in [6.07, 6.45) is 1.65. The van der Waals surface area contributed by atoms with E-state index in [9.17, 15) is 5.11 Å². The molecule has 0 unspecified atom stereocenters. The average Bonchev–Trinajstić information content (AvgIpc) is 2.68. The van der Waals surface area contributed by atoms with Crippen molar-refractivity contribution >= 4 is 18.4 Å². The molecule has 0 amide bonds. The summed E-state index contributed by atoms with van der Waals surface area (Å²) in [5.41, 5.74) is 3.12. The third kappa shape index (κ3) is 4.29. The molecular formula is C27H38OSi. The van der Waals surface area contributed by atoms with Crippen LogP contribution in [-0.4, -0.2) is 19.3 Å². The van der Waals surface area contributed by atoms with Crippen molar-refractivity contribution in [2.45, 2.75) is 71.6 Å². The molecule has 1 aliphatic rings. The third-order valence-corrected chi connectivity index (χ3v) is 13.3. The SMILES string of the molecule is CC(C)C1=C(C[Si](c2ccccc2)(c2ccccc2)C(C)(C)C)C[C@H](O)[C@@H](C)C1. The van der Waals surface area contributed by atoms with E-state index < -0.39 is 8.07 Å². The molecule has 2 aromatic rings. The number of allylic oxidation sites excluding steroid dienone is 1. The molecule has 1 N–H and O–H groups in total. The predicted octanol–water partition coefficient (Wildman–Crippen LogP) is 5.79. The molecule has 0 radical (unpaired) electrons. The Morgan fingerprint density at radius 3 is 1.79 bits per heavy atom. The Morgan fingerprint density at radius 2 is 1.38 bits per heavy atom. The molecule has 0 saturated carbocycles. The number of aliphatic hydroxyl groups is 1. The molecule has 0 bridgehead atoms. The van der Waals surface area contributed by atoms with Gasteiger partial charge in [-0.1, -0.05) is 124 Å². The van der Waals surface area contributed by atoms with Crippen LogP contribution in [0.5, 0.6) is 0 Å². The second-order valence-electron chi connectivity index (χ2n) is 10.3. The maximum Gasteiger partial charge on any atom is 0.127 e. The van der Waals surface area contributed by atoms with Crippen molar-refractivity contribution < 1.29 is 5.11 Å². The lowest BCUT2D eigenvalue weighted by molar-refractivity contribution is 0.107. The van der Waals surface area contributed by atoms with E-state index in [1.807, 2.05) is 0 Å². The minimum absolute atomic E-state index is 0.152. The summed E-state index contributed by atoms with van der Waals surface area (Å²) in [5.74, 6) is 0.897. The van der Waals surface area contributed by atoms with Crippen LogP contribution in [0.15, 0.2) is 71.8 Å². The van der Waals surface area contributed by atoms with Crippen LogP contribution in [-0.2, 0) is 0 Å². The van der Waals surface area contributed by atoms with Crippen molar-refractivity contribution in [2.24, 2.45) is 11.8 Å². The highest BCUT2D eigenvalue weighted by Gasteiger charge is 2.48. The first-order chi connectivity index (χ1) is 13.7. The van der Waals surface area contributed by atoms with Crippen LogP contribution in [0.25, 0.3) is 0 Å². The van der Waals surface area contributed by atoms with Crippen molar-refractivity contribution in [2.75, 3.05) is 0 Å². The van der Waals surface area contributed by atoms with Crippen LogP contribution >= 0.6 is 0 Å². The van der Waals surface area contributed by atoms with Gasteiger partial charge in [0.25, 0.3) is 0 Å². The molecule has 2 heteroatoms. The quantitative estimate of drug-likeness (QED) is 0.492. The lowest BCUT2D eigenvalue weighted by atomic mass is 9.79. The Morgan fingerprint density at radius 1 is 0.897 bits per heavy atom. The van der Waals surface area contributed by atoms with Crippen LogP contribution in [0.1, 0.15) is 54.4 Å². The van der Waals surface area contributed by atoms with E-state index in [1.54, 1.807) is 5.57 Å². The van der Waals surface area contributed by atoms with Gasteiger partial charge >= 0.3 is 0 Å². The van der Waals surface area contributed by atoms with Crippen molar-refractivity contribution in [3.63, 3.8) is 0 Å². The molecule has 1 nitrogen and oxygen atoms in total. The van der Waals surface area contributed by atoms with Crippen LogP contribution in [0.3, 0.4) is 0 Å². The lowest BCUT2D eigenvalue weighted by Crippen LogP contribution is -2.64. The van der Waals surface area contributed by atoms with Crippen LogP contribution < -0.4 is 10.4 Å². The van der Waals surface area contributed by atoms with Gasteiger partial charge in [0.2, 0.25) is 0 Å².